The number of aromatic nitrogens is 6. The standard InChI is InChI=1S/C16H20N4O5S.C9H9ClO4S.C5H9N3O2S.CHNO.CH3.ClH.2K/c1-5-26-15-18-19(16(23)20(15)25-4)14(22)17-9-12-10(2)7-6-8-11(12)13(21)24-3;1-6-4-3-5-7(9(11)14-2)8(6)15(10,12)13;1-3-11-5-7-6-4(9)8(5)10-2;2-1-3;;;;/h6-8H,5,9H2,1-4H3,(H,17,22);3-5H,1-2H3;3H2,1-2H3,(H,6,9);3H;1H3;1H;;/q;;;;-1;;2*+1/p-2. The molecule has 0 spiro atoms. The number of ether oxygens (including phenoxy) is 2. The van der Waals surface area contributed by atoms with Crippen LogP contribution in [0.3, 0.4) is 0 Å². The van der Waals surface area contributed by atoms with Crippen molar-refractivity contribution < 1.29 is 162 Å². The second-order valence-electron chi connectivity index (χ2n) is 9.83. The third-order valence-corrected chi connectivity index (χ3v) is 9.61. The molecule has 4 aromatic rings. The van der Waals surface area contributed by atoms with Crippen molar-refractivity contribution in [2.45, 2.75) is 49.4 Å². The van der Waals surface area contributed by atoms with Gasteiger partial charge in [0.25, 0.3) is 9.05 Å². The van der Waals surface area contributed by atoms with Crippen LogP contribution >= 0.6 is 34.2 Å². The Morgan fingerprint density at radius 3 is 1.85 bits per heavy atom. The molecule has 20 nitrogen and oxygen atoms in total. The van der Waals surface area contributed by atoms with Crippen LogP contribution in [0.5, 0.6) is 0 Å². The first-order valence-corrected chi connectivity index (χ1v) is 19.6. The summed E-state index contributed by atoms with van der Waals surface area (Å²) in [5.74, 6) is 0.291. The number of aromatic amines is 1. The monoisotopic (exact) mass is 973 g/mol. The molecule has 0 aliphatic heterocycles. The van der Waals surface area contributed by atoms with Gasteiger partial charge < -0.3 is 49.4 Å². The summed E-state index contributed by atoms with van der Waals surface area (Å²) in [6.45, 7) is 7.28. The van der Waals surface area contributed by atoms with Crippen LogP contribution in [0.2, 0.25) is 0 Å². The molecular weight excluding hydrogens is 934 g/mol. The fourth-order valence-corrected chi connectivity index (χ4v) is 7.01. The number of nitrogens with one attached hydrogen (secondary N) is 2. The van der Waals surface area contributed by atoms with Gasteiger partial charge in [-0.3, -0.25) is 0 Å². The molecule has 2 aromatic carbocycles. The Morgan fingerprint density at radius 1 is 0.898 bits per heavy atom. The van der Waals surface area contributed by atoms with Crippen LogP contribution in [0.4, 0.5) is 4.79 Å². The molecule has 0 aliphatic carbocycles. The van der Waals surface area contributed by atoms with E-state index in [0.29, 0.717) is 38.5 Å². The zero-order chi connectivity index (χ0) is 41.9. The fourth-order valence-electron chi connectivity index (χ4n) is 4.22. The third-order valence-electron chi connectivity index (χ3n) is 6.52. The summed E-state index contributed by atoms with van der Waals surface area (Å²) in [7, 11) is 6.50. The number of aryl methyl sites for hydroxylation is 2. The van der Waals surface area contributed by atoms with E-state index in [0.717, 1.165) is 20.8 Å². The van der Waals surface area contributed by atoms with E-state index in [4.69, 9.17) is 35.5 Å². The van der Waals surface area contributed by atoms with Crippen molar-refractivity contribution in [3.05, 3.63) is 92.6 Å². The zero-order valence-electron chi connectivity index (χ0n) is 34.1. The van der Waals surface area contributed by atoms with Crippen LogP contribution in [0.25, 0.3) is 0 Å². The van der Waals surface area contributed by atoms with Crippen molar-refractivity contribution >= 4 is 61.2 Å². The van der Waals surface area contributed by atoms with E-state index in [1.165, 1.54) is 58.0 Å². The van der Waals surface area contributed by atoms with Gasteiger partial charge in [0.15, 0.2) is 0 Å². The van der Waals surface area contributed by atoms with Crippen LogP contribution in [0.1, 0.15) is 51.3 Å². The smallest absolute Gasteiger partial charge is 1.00 e. The van der Waals surface area contributed by atoms with Crippen molar-refractivity contribution in [3.8, 4) is 6.26 Å². The van der Waals surface area contributed by atoms with Gasteiger partial charge in [-0.1, -0.05) is 61.6 Å². The maximum absolute atomic E-state index is 12.4. The number of nitriles is 1. The normalized spacial score (nSPS) is 9.42. The largest absolute Gasteiger partial charge is 1.00 e. The quantitative estimate of drug-likeness (QED) is 0.0353. The van der Waals surface area contributed by atoms with Crippen LogP contribution in [-0.2, 0) is 25.1 Å². The molecule has 0 radical (unpaired) electrons. The summed E-state index contributed by atoms with van der Waals surface area (Å²) in [5.41, 5.74) is 1.08. The molecular formula is C32H41Cl2K2N8O12S3-. The Hall–Kier alpha value is -1.88. The molecule has 2 aromatic heterocycles. The molecule has 0 bridgehead atoms. The van der Waals surface area contributed by atoms with Crippen molar-refractivity contribution in [2.75, 3.05) is 39.9 Å². The topological polar surface area (TPSA) is 272 Å². The summed E-state index contributed by atoms with van der Waals surface area (Å²) < 4.78 is 34.5. The number of thioether (sulfide) groups is 2. The molecule has 0 saturated carbocycles. The molecule has 0 unspecified atom stereocenters. The fraction of sp³-hybridized carbons (Fsp3) is 0.344. The van der Waals surface area contributed by atoms with Crippen LogP contribution in [0.15, 0.2) is 61.2 Å². The van der Waals surface area contributed by atoms with Crippen LogP contribution in [-0.4, -0.2) is 95.8 Å². The van der Waals surface area contributed by atoms with E-state index in [1.54, 1.807) is 31.2 Å². The zero-order valence-corrected chi connectivity index (χ0v) is 44.4. The minimum Gasteiger partial charge on any atom is -1.00 e. The SMILES string of the molecule is CCSc1n[nH]c(=O)n1OC.CCSc1nn(C(=O)NCc2c(C)cccc2C(=O)OC)c(=O)n1OC.COC(=O)c1cccc(C)c1S(=O)(=O)Cl.N#C[O-].[CH3-].[Cl-].[K+].[K+]. The number of methoxy groups -OCH3 is 2. The van der Waals surface area contributed by atoms with Crippen LogP contribution in [0, 0.1) is 32.8 Å². The first-order chi connectivity index (χ1) is 26.0. The number of hydrogen-bond acceptors (Lipinski definition) is 17. The van der Waals surface area contributed by atoms with Gasteiger partial charge in [0.1, 0.15) is 14.2 Å². The number of benzene rings is 2. The first-order valence-electron chi connectivity index (χ1n) is 15.4. The van der Waals surface area contributed by atoms with E-state index < -0.39 is 32.7 Å². The number of rotatable bonds is 11. The second kappa shape index (κ2) is 32.8. The summed E-state index contributed by atoms with van der Waals surface area (Å²) in [6, 6.07) is 8.91. The minimum atomic E-state index is -3.95. The van der Waals surface area contributed by atoms with Gasteiger partial charge in [-0.25, -0.2) is 42.8 Å². The van der Waals surface area contributed by atoms with E-state index in [2.05, 4.69) is 25.3 Å². The number of nitrogens with zero attached hydrogens (tertiary/aromatic N) is 6. The number of esters is 2. The van der Waals surface area contributed by atoms with Gasteiger partial charge >= 0.3 is 132 Å². The molecule has 2 N–H and O–H groups in total. The Labute approximate surface area is 445 Å². The van der Waals surface area contributed by atoms with Gasteiger partial charge in [0.05, 0.1) is 30.2 Å². The van der Waals surface area contributed by atoms with Gasteiger partial charge in [0, 0.05) is 23.5 Å². The second-order valence-corrected chi connectivity index (χ2v) is 14.8. The molecule has 27 heteroatoms. The summed E-state index contributed by atoms with van der Waals surface area (Å²) in [6.07, 6.45) is 0.500. The third kappa shape index (κ3) is 19.4. The van der Waals surface area contributed by atoms with E-state index in [-0.39, 0.29) is 150 Å². The van der Waals surface area contributed by atoms with Crippen molar-refractivity contribution in [3.63, 3.8) is 0 Å². The molecule has 4 rings (SSSR count). The average Bonchev–Trinajstić information content (AvgIpc) is 3.67. The van der Waals surface area contributed by atoms with Crippen molar-refractivity contribution in [1.29, 1.82) is 5.26 Å². The van der Waals surface area contributed by atoms with Gasteiger partial charge in [-0.15, -0.1) is 24.3 Å². The summed E-state index contributed by atoms with van der Waals surface area (Å²) in [4.78, 5) is 68.2. The molecule has 316 valence electrons. The molecule has 59 heavy (non-hydrogen) atoms. The molecule has 2 heterocycles. The van der Waals surface area contributed by atoms with Crippen molar-refractivity contribution in [2.24, 2.45) is 0 Å². The number of halogens is 2. The number of amides is 1. The first kappa shape index (κ1) is 63.8. The van der Waals surface area contributed by atoms with Crippen LogP contribution < -0.4 is 147 Å². The Morgan fingerprint density at radius 2 is 1.37 bits per heavy atom. The Kier molecular flexibility index (Phi) is 35.4. The van der Waals surface area contributed by atoms with E-state index >= 15 is 0 Å². The Bertz CT molecular complexity index is 2210. The molecule has 1 amide bonds. The number of carbonyl (C=O) groups excluding carboxylic acids is 3. The molecule has 0 saturated heterocycles. The van der Waals surface area contributed by atoms with E-state index in [9.17, 15) is 32.4 Å². The molecule has 0 atom stereocenters. The number of H-pyrrole nitrogens is 1. The predicted octanol–water partition coefficient (Wildman–Crippen LogP) is -7.19. The van der Waals surface area contributed by atoms with E-state index in [1.807, 2.05) is 26.8 Å². The maximum atomic E-state index is 12.4. The minimum absolute atomic E-state index is 0. The van der Waals surface area contributed by atoms with Crippen molar-refractivity contribution in [1.82, 2.24) is 34.8 Å². The summed E-state index contributed by atoms with van der Waals surface area (Å²) in [5, 5.41) is 28.4. The maximum Gasteiger partial charge on any atom is 1.00 e. The van der Waals surface area contributed by atoms with Gasteiger partial charge in [0.2, 0.25) is 10.3 Å². The Balaban J connectivity index is -0.000000392. The average molecular weight is 975 g/mol. The summed E-state index contributed by atoms with van der Waals surface area (Å²) >= 11 is 2.71. The van der Waals surface area contributed by atoms with Gasteiger partial charge in [-0.05, 0) is 54.2 Å². The molecule has 0 fully saturated rings. The number of carbonyl (C=O) groups is 3. The predicted molar refractivity (Wildman–Crippen MR) is 205 cm³/mol. The van der Waals surface area contributed by atoms with Gasteiger partial charge in [-0.2, -0.15) is 0 Å². The molecule has 0 aliphatic rings. The number of hydrogen-bond donors (Lipinski definition) is 2.